The Bertz CT molecular complexity index is 772. The molecule has 1 aliphatic heterocycles. The molecule has 1 fully saturated rings. The molecule has 0 N–H and O–H groups in total. The zero-order chi connectivity index (χ0) is 17.9. The van der Waals surface area contributed by atoms with E-state index in [1.807, 2.05) is 0 Å². The van der Waals surface area contributed by atoms with Gasteiger partial charge in [0, 0.05) is 25.2 Å². The molecule has 0 aromatic heterocycles. The van der Waals surface area contributed by atoms with E-state index in [0.717, 1.165) is 12.3 Å². The molecule has 7 nitrogen and oxygen atoms in total. The first kappa shape index (κ1) is 21.9. The van der Waals surface area contributed by atoms with Crippen LogP contribution in [-0.2, 0) is 14.8 Å². The Morgan fingerprint density at radius 3 is 2.64 bits per heavy atom. The number of carbonyl (C=O) groups is 1. The second-order valence-corrected chi connectivity index (χ2v) is 7.47. The van der Waals surface area contributed by atoms with Gasteiger partial charge in [0.1, 0.15) is 5.82 Å². The molecule has 10 heteroatoms. The SMILES string of the molecule is C[C@@H]1CN(C(=O)[C-]=CN=[N-])[C@@H](C)CN1S(=O)(=O)c1cccc(F)c1.[Na+]. The Morgan fingerprint density at radius 1 is 1.36 bits per heavy atom. The average molecular weight is 375 g/mol. The fraction of sp³-hybridized carbons (Fsp3) is 0.400. The summed E-state index contributed by atoms with van der Waals surface area (Å²) >= 11 is 0. The van der Waals surface area contributed by atoms with Gasteiger partial charge in [-0.2, -0.15) is 10.5 Å². The smallest absolute Gasteiger partial charge is 0.710 e. The van der Waals surface area contributed by atoms with Crippen molar-refractivity contribution in [1.29, 1.82) is 0 Å². The first-order valence-corrected chi connectivity index (χ1v) is 8.72. The first-order valence-electron chi connectivity index (χ1n) is 7.28. The maximum Gasteiger partial charge on any atom is 1.00 e. The predicted molar refractivity (Wildman–Crippen MR) is 84.5 cm³/mol. The quantitative estimate of drug-likeness (QED) is 0.286. The molecule has 0 saturated carbocycles. The van der Waals surface area contributed by atoms with Gasteiger partial charge in [-0.1, -0.05) is 6.07 Å². The Balaban J connectivity index is 0.00000312. The van der Waals surface area contributed by atoms with Gasteiger partial charge in [-0.15, -0.1) is 0 Å². The summed E-state index contributed by atoms with van der Waals surface area (Å²) in [6, 6.07) is 3.93. The summed E-state index contributed by atoms with van der Waals surface area (Å²) in [5.41, 5.74) is 8.35. The molecule has 1 aliphatic rings. The zero-order valence-corrected chi connectivity index (χ0v) is 17.1. The van der Waals surface area contributed by atoms with Crippen molar-refractivity contribution in [3.8, 4) is 0 Å². The van der Waals surface area contributed by atoms with Gasteiger partial charge in [0.15, 0.2) is 0 Å². The molecule has 25 heavy (non-hydrogen) atoms. The largest absolute Gasteiger partial charge is 1.00 e. The maximum atomic E-state index is 13.3. The molecule has 0 bridgehead atoms. The summed E-state index contributed by atoms with van der Waals surface area (Å²) in [5, 5.41) is 2.69. The normalized spacial score (nSPS) is 21.8. The van der Waals surface area contributed by atoms with E-state index in [4.69, 9.17) is 5.53 Å². The van der Waals surface area contributed by atoms with Crippen LogP contribution in [-0.4, -0.2) is 48.7 Å². The fourth-order valence-corrected chi connectivity index (χ4v) is 4.38. The van der Waals surface area contributed by atoms with Crippen molar-refractivity contribution in [2.24, 2.45) is 5.11 Å². The summed E-state index contributed by atoms with van der Waals surface area (Å²) in [5.74, 6) is -1.12. The van der Waals surface area contributed by atoms with Gasteiger partial charge in [-0.3, -0.25) is 0 Å². The molecule has 1 aromatic rings. The summed E-state index contributed by atoms with van der Waals surface area (Å²) in [6.07, 6.45) is 3.12. The Labute approximate surface area is 168 Å². The molecule has 1 saturated heterocycles. The number of amides is 1. The number of carbonyl (C=O) groups excluding carboxylic acids is 1. The van der Waals surface area contributed by atoms with Crippen LogP contribution in [0, 0.1) is 11.9 Å². The second kappa shape index (κ2) is 9.00. The minimum atomic E-state index is -3.86. The standard InChI is InChI=1S/C15H17FN4O3S.Na/c1-11-10-20(12(2)9-19(11)15(21)6-7-18-17)24(22,23)14-5-3-4-13(16)8-14;/h3-5,7-8,11-12H,9-10H2,1-2H3;/q-2;+1/t11-,12+;/m0./s1. The van der Waals surface area contributed by atoms with Crippen molar-refractivity contribution in [1.82, 2.24) is 9.21 Å². The van der Waals surface area contributed by atoms with E-state index in [-0.39, 0.29) is 47.5 Å². The van der Waals surface area contributed by atoms with E-state index in [0.29, 0.717) is 0 Å². The van der Waals surface area contributed by atoms with Crippen molar-refractivity contribution in [2.45, 2.75) is 30.8 Å². The molecule has 0 radical (unpaired) electrons. The maximum absolute atomic E-state index is 13.3. The topological polar surface area (TPSA) is 92.3 Å². The molecule has 1 heterocycles. The third-order valence-corrected chi connectivity index (χ3v) is 5.81. The molecule has 0 spiro atoms. The van der Waals surface area contributed by atoms with Crippen molar-refractivity contribution in [2.75, 3.05) is 13.1 Å². The van der Waals surface area contributed by atoms with Gasteiger partial charge in [-0.05, 0) is 32.0 Å². The minimum absolute atomic E-state index is 0. The van der Waals surface area contributed by atoms with Crippen molar-refractivity contribution < 1.29 is 47.2 Å². The van der Waals surface area contributed by atoms with Crippen molar-refractivity contribution in [3.63, 3.8) is 0 Å². The van der Waals surface area contributed by atoms with Crippen LogP contribution in [0.1, 0.15) is 13.8 Å². The molecule has 2 atom stereocenters. The molecule has 1 aromatic carbocycles. The number of benzene rings is 1. The molecule has 130 valence electrons. The Hall–Kier alpha value is -1.13. The van der Waals surface area contributed by atoms with Crippen LogP contribution in [0.2, 0.25) is 0 Å². The van der Waals surface area contributed by atoms with Crippen molar-refractivity contribution in [3.05, 3.63) is 47.9 Å². The van der Waals surface area contributed by atoms with Crippen LogP contribution in [0.15, 0.2) is 40.5 Å². The number of sulfonamides is 1. The number of hydrogen-bond acceptors (Lipinski definition) is 4. The van der Waals surface area contributed by atoms with Gasteiger partial charge in [0.2, 0.25) is 10.0 Å². The van der Waals surface area contributed by atoms with Crippen LogP contribution < -0.4 is 29.6 Å². The Kier molecular flexibility index (Phi) is 7.88. The number of hydrogen-bond donors (Lipinski definition) is 0. The van der Waals surface area contributed by atoms with Gasteiger partial charge in [0.05, 0.1) is 10.8 Å². The van der Waals surface area contributed by atoms with Crippen LogP contribution in [0.3, 0.4) is 0 Å². The van der Waals surface area contributed by atoms with E-state index in [9.17, 15) is 17.6 Å². The number of halogens is 1. The molecule has 0 aliphatic carbocycles. The van der Waals surface area contributed by atoms with E-state index in [1.54, 1.807) is 13.8 Å². The van der Waals surface area contributed by atoms with E-state index < -0.39 is 33.8 Å². The first-order chi connectivity index (χ1) is 11.3. The van der Waals surface area contributed by atoms with E-state index >= 15 is 0 Å². The Morgan fingerprint density at radius 2 is 2.04 bits per heavy atom. The number of nitrogens with zero attached hydrogens (tertiary/aromatic N) is 4. The molecule has 2 rings (SSSR count). The third kappa shape index (κ3) is 4.95. The number of piperazine rings is 1. The van der Waals surface area contributed by atoms with Crippen LogP contribution in [0.4, 0.5) is 4.39 Å². The van der Waals surface area contributed by atoms with E-state index in [2.05, 4.69) is 11.2 Å². The van der Waals surface area contributed by atoms with Gasteiger partial charge in [0.25, 0.3) is 0 Å². The van der Waals surface area contributed by atoms with E-state index in [1.165, 1.54) is 27.4 Å². The molecular weight excluding hydrogens is 358 g/mol. The zero-order valence-electron chi connectivity index (χ0n) is 14.3. The second-order valence-electron chi connectivity index (χ2n) is 5.58. The van der Waals surface area contributed by atoms with Crippen LogP contribution in [0.25, 0.3) is 5.53 Å². The van der Waals surface area contributed by atoms with Crippen LogP contribution >= 0.6 is 0 Å². The summed E-state index contributed by atoms with van der Waals surface area (Å²) in [6.45, 7) is 3.60. The summed E-state index contributed by atoms with van der Waals surface area (Å²) in [4.78, 5) is 13.3. The predicted octanol–water partition coefficient (Wildman–Crippen LogP) is -1.22. The molecule has 0 unspecified atom stereocenters. The third-order valence-electron chi connectivity index (χ3n) is 3.84. The molecular formula is C15H17FN4NaO3S-. The van der Waals surface area contributed by atoms with Gasteiger partial charge >= 0.3 is 29.6 Å². The van der Waals surface area contributed by atoms with Gasteiger partial charge < -0.3 is 26.4 Å². The van der Waals surface area contributed by atoms with Crippen molar-refractivity contribution >= 4 is 15.9 Å². The number of rotatable bonds is 4. The minimum Gasteiger partial charge on any atom is -0.710 e. The van der Waals surface area contributed by atoms with Gasteiger partial charge in [-0.25, -0.2) is 12.8 Å². The fourth-order valence-electron chi connectivity index (χ4n) is 2.64. The monoisotopic (exact) mass is 375 g/mol. The summed E-state index contributed by atoms with van der Waals surface area (Å²) in [7, 11) is -3.86. The summed E-state index contributed by atoms with van der Waals surface area (Å²) < 4.78 is 40.1. The molecule has 1 amide bonds. The average Bonchev–Trinajstić information content (AvgIpc) is 2.54. The van der Waals surface area contributed by atoms with Crippen LogP contribution in [0.5, 0.6) is 0 Å².